The van der Waals surface area contributed by atoms with Crippen molar-refractivity contribution in [1.29, 1.82) is 0 Å². The van der Waals surface area contributed by atoms with Gasteiger partial charge in [-0.15, -0.1) is 0 Å². The molecule has 30 heavy (non-hydrogen) atoms. The fourth-order valence-corrected chi connectivity index (χ4v) is 4.53. The van der Waals surface area contributed by atoms with Gasteiger partial charge in [0.15, 0.2) is 0 Å². The van der Waals surface area contributed by atoms with Gasteiger partial charge in [-0.05, 0) is 51.2 Å². The van der Waals surface area contributed by atoms with Crippen LogP contribution in [-0.2, 0) is 5.41 Å². The van der Waals surface area contributed by atoms with Crippen molar-refractivity contribution in [1.82, 2.24) is 0 Å². The van der Waals surface area contributed by atoms with Crippen LogP contribution in [0.5, 0.6) is 5.75 Å². The maximum atomic E-state index is 9.89. The minimum atomic E-state index is -0.449. The molecular weight excluding hydrogens is 364 g/mol. The molecule has 0 bridgehead atoms. The first-order chi connectivity index (χ1) is 14.8. The first kappa shape index (κ1) is 18.2. The molecule has 5 aromatic carbocycles. The topological polar surface area (TPSA) is 20.2 Å². The Bertz CT molecular complexity index is 1180. The van der Waals surface area contributed by atoms with Gasteiger partial charge in [0.05, 0.1) is 5.41 Å². The molecule has 0 aromatic heterocycles. The third-order valence-electron chi connectivity index (χ3n) is 5.88. The molecule has 0 aliphatic rings. The fraction of sp³-hybridized carbons (Fsp3) is 0.0345. The summed E-state index contributed by atoms with van der Waals surface area (Å²) in [6.07, 6.45) is 0. The Kier molecular flexibility index (Phi) is 4.57. The standard InChI is InChI=1S/C29H22O/c30-28-19-17-22-20-27(18-16-23(22)21-28)29(24-10-4-1-5-11-24,25-12-6-2-7-13-25)26-14-8-3-9-15-26/h1-21,30H. The monoisotopic (exact) mass is 386 g/mol. The Hall–Kier alpha value is -3.84. The first-order valence-corrected chi connectivity index (χ1v) is 10.2. The third-order valence-corrected chi connectivity index (χ3v) is 5.88. The maximum Gasteiger partial charge on any atom is 0.116 e. The van der Waals surface area contributed by atoms with Gasteiger partial charge in [0.25, 0.3) is 0 Å². The lowest BCUT2D eigenvalue weighted by atomic mass is 9.65. The van der Waals surface area contributed by atoms with Crippen LogP contribution >= 0.6 is 0 Å². The number of aromatic hydroxyl groups is 1. The highest BCUT2D eigenvalue weighted by Gasteiger charge is 2.38. The summed E-state index contributed by atoms with van der Waals surface area (Å²) in [4.78, 5) is 0. The van der Waals surface area contributed by atoms with Gasteiger partial charge >= 0.3 is 0 Å². The lowest BCUT2D eigenvalue weighted by Gasteiger charge is -2.37. The number of hydrogen-bond acceptors (Lipinski definition) is 1. The second kappa shape index (κ2) is 7.53. The van der Waals surface area contributed by atoms with E-state index in [4.69, 9.17) is 0 Å². The Morgan fingerprint density at radius 3 is 1.33 bits per heavy atom. The molecule has 0 unspecified atom stereocenters. The highest BCUT2D eigenvalue weighted by Crippen LogP contribution is 2.45. The van der Waals surface area contributed by atoms with E-state index in [-0.39, 0.29) is 5.75 Å². The Morgan fingerprint density at radius 1 is 0.400 bits per heavy atom. The van der Waals surface area contributed by atoms with E-state index >= 15 is 0 Å². The van der Waals surface area contributed by atoms with Crippen LogP contribution in [0.15, 0.2) is 127 Å². The molecule has 0 heterocycles. The molecule has 144 valence electrons. The van der Waals surface area contributed by atoms with Crippen LogP contribution in [-0.4, -0.2) is 5.11 Å². The van der Waals surface area contributed by atoms with Crippen molar-refractivity contribution in [2.45, 2.75) is 5.41 Å². The molecule has 5 rings (SSSR count). The summed E-state index contributed by atoms with van der Waals surface area (Å²) < 4.78 is 0. The first-order valence-electron chi connectivity index (χ1n) is 10.2. The number of phenolic OH excluding ortho intramolecular Hbond substituents is 1. The zero-order valence-electron chi connectivity index (χ0n) is 16.6. The Labute approximate surface area is 176 Å². The second-order valence-electron chi connectivity index (χ2n) is 7.59. The van der Waals surface area contributed by atoms with Crippen LogP contribution in [0, 0.1) is 0 Å². The van der Waals surface area contributed by atoms with Gasteiger partial charge in [0.1, 0.15) is 5.75 Å². The molecule has 0 amide bonds. The van der Waals surface area contributed by atoms with E-state index in [0.29, 0.717) is 0 Å². The van der Waals surface area contributed by atoms with Crippen LogP contribution in [0.3, 0.4) is 0 Å². The number of rotatable bonds is 4. The summed E-state index contributed by atoms with van der Waals surface area (Å²) in [6.45, 7) is 0. The van der Waals surface area contributed by atoms with Crippen molar-refractivity contribution < 1.29 is 5.11 Å². The molecule has 0 aliphatic carbocycles. The Morgan fingerprint density at radius 2 is 0.833 bits per heavy atom. The molecule has 0 aliphatic heterocycles. The minimum absolute atomic E-state index is 0.288. The average molecular weight is 386 g/mol. The van der Waals surface area contributed by atoms with E-state index in [9.17, 15) is 5.11 Å². The summed E-state index contributed by atoms with van der Waals surface area (Å²) in [5.74, 6) is 0.288. The summed E-state index contributed by atoms with van der Waals surface area (Å²) in [5.41, 5.74) is 4.42. The smallest absolute Gasteiger partial charge is 0.116 e. The van der Waals surface area contributed by atoms with Crippen molar-refractivity contribution in [2.75, 3.05) is 0 Å². The molecule has 0 atom stereocenters. The number of hydrogen-bond donors (Lipinski definition) is 1. The van der Waals surface area contributed by atoms with Crippen molar-refractivity contribution >= 4 is 10.8 Å². The lowest BCUT2D eigenvalue weighted by Crippen LogP contribution is -2.30. The van der Waals surface area contributed by atoms with E-state index in [2.05, 4.69) is 109 Å². The third kappa shape index (κ3) is 2.96. The molecule has 0 radical (unpaired) electrons. The lowest BCUT2D eigenvalue weighted by molar-refractivity contribution is 0.476. The molecule has 1 N–H and O–H groups in total. The van der Waals surface area contributed by atoms with Crippen molar-refractivity contribution in [3.8, 4) is 5.75 Å². The minimum Gasteiger partial charge on any atom is -0.508 e. The normalized spacial score (nSPS) is 11.5. The fourth-order valence-electron chi connectivity index (χ4n) is 4.53. The van der Waals surface area contributed by atoms with Gasteiger partial charge in [-0.1, -0.05) is 109 Å². The van der Waals surface area contributed by atoms with Gasteiger partial charge in [-0.2, -0.15) is 0 Å². The summed E-state index contributed by atoms with van der Waals surface area (Å²) >= 11 is 0. The highest BCUT2D eigenvalue weighted by molar-refractivity contribution is 5.85. The zero-order valence-corrected chi connectivity index (χ0v) is 16.6. The average Bonchev–Trinajstić information content (AvgIpc) is 2.82. The number of fused-ring (bicyclic) bond motifs is 1. The molecular formula is C29H22O. The summed E-state index contributed by atoms with van der Waals surface area (Å²) in [6, 6.07) is 44.2. The second-order valence-corrected chi connectivity index (χ2v) is 7.59. The van der Waals surface area contributed by atoms with Crippen LogP contribution < -0.4 is 0 Å². The Balaban J connectivity index is 1.90. The molecule has 0 saturated heterocycles. The van der Waals surface area contributed by atoms with Crippen molar-refractivity contribution in [3.05, 3.63) is 150 Å². The molecule has 0 fully saturated rings. The van der Waals surface area contributed by atoms with Crippen LogP contribution in [0.1, 0.15) is 22.3 Å². The van der Waals surface area contributed by atoms with Crippen molar-refractivity contribution in [2.24, 2.45) is 0 Å². The van der Waals surface area contributed by atoms with Gasteiger partial charge in [0.2, 0.25) is 0 Å². The maximum absolute atomic E-state index is 9.89. The SMILES string of the molecule is Oc1ccc2cc(C(c3ccccc3)(c3ccccc3)c3ccccc3)ccc2c1. The molecule has 0 spiro atoms. The molecule has 1 heteroatoms. The van der Waals surface area contributed by atoms with Gasteiger partial charge < -0.3 is 5.11 Å². The van der Waals surface area contributed by atoms with E-state index in [1.165, 1.54) is 22.3 Å². The molecule has 1 nitrogen and oxygen atoms in total. The number of phenols is 1. The molecule has 0 saturated carbocycles. The summed E-state index contributed by atoms with van der Waals surface area (Å²) in [5, 5.41) is 12.0. The van der Waals surface area contributed by atoms with Gasteiger partial charge in [-0.25, -0.2) is 0 Å². The van der Waals surface area contributed by atoms with E-state index in [0.717, 1.165) is 10.8 Å². The predicted octanol–water partition coefficient (Wildman–Crippen LogP) is 6.93. The predicted molar refractivity (Wildman–Crippen MR) is 124 cm³/mol. The quantitative estimate of drug-likeness (QED) is 0.332. The van der Waals surface area contributed by atoms with Crippen LogP contribution in [0.25, 0.3) is 10.8 Å². The molecule has 5 aromatic rings. The zero-order chi connectivity index (χ0) is 20.4. The van der Waals surface area contributed by atoms with E-state index in [1.54, 1.807) is 6.07 Å². The van der Waals surface area contributed by atoms with Crippen LogP contribution in [0.4, 0.5) is 0 Å². The summed E-state index contributed by atoms with van der Waals surface area (Å²) in [7, 11) is 0. The number of benzene rings is 5. The van der Waals surface area contributed by atoms with E-state index < -0.39 is 5.41 Å². The highest BCUT2D eigenvalue weighted by atomic mass is 16.3. The largest absolute Gasteiger partial charge is 0.508 e. The van der Waals surface area contributed by atoms with Gasteiger partial charge in [-0.3, -0.25) is 0 Å². The van der Waals surface area contributed by atoms with Crippen molar-refractivity contribution in [3.63, 3.8) is 0 Å². The van der Waals surface area contributed by atoms with Gasteiger partial charge in [0, 0.05) is 0 Å². The van der Waals surface area contributed by atoms with E-state index in [1.807, 2.05) is 12.1 Å². The van der Waals surface area contributed by atoms with Crippen LogP contribution in [0.2, 0.25) is 0 Å².